The highest BCUT2D eigenvalue weighted by Crippen LogP contribution is 2.21. The number of hydrogen-bond donors (Lipinski definition) is 0. The van der Waals surface area contributed by atoms with Gasteiger partial charge in [0.25, 0.3) is 0 Å². The molecule has 0 saturated carbocycles. The minimum Gasteiger partial charge on any atom is -0.356 e. The lowest BCUT2D eigenvalue weighted by Crippen LogP contribution is -2.43. The summed E-state index contributed by atoms with van der Waals surface area (Å²) in [5.41, 5.74) is 1.00. The zero-order valence-electron chi connectivity index (χ0n) is 12.4. The van der Waals surface area contributed by atoms with Gasteiger partial charge in [-0.1, -0.05) is 5.16 Å². The van der Waals surface area contributed by atoms with Crippen molar-refractivity contribution in [2.45, 2.75) is 32.4 Å². The van der Waals surface area contributed by atoms with Crippen LogP contribution in [0.3, 0.4) is 0 Å². The molecule has 0 spiro atoms. The molecule has 1 fully saturated rings. The van der Waals surface area contributed by atoms with Crippen LogP contribution in [0.5, 0.6) is 0 Å². The summed E-state index contributed by atoms with van der Waals surface area (Å²) >= 11 is 0. The Morgan fingerprint density at radius 3 is 2.76 bits per heavy atom. The van der Waals surface area contributed by atoms with Crippen molar-refractivity contribution in [1.29, 1.82) is 0 Å². The van der Waals surface area contributed by atoms with E-state index in [1.165, 1.54) is 6.39 Å². The molecule has 3 rings (SSSR count). The van der Waals surface area contributed by atoms with Crippen molar-refractivity contribution in [3.63, 3.8) is 0 Å². The minimum atomic E-state index is 0.515. The molecule has 0 bridgehead atoms. The van der Waals surface area contributed by atoms with E-state index in [0.717, 1.165) is 49.8 Å². The van der Waals surface area contributed by atoms with Crippen LogP contribution in [0.2, 0.25) is 0 Å². The zero-order chi connectivity index (χ0) is 14.7. The van der Waals surface area contributed by atoms with Gasteiger partial charge in [-0.25, -0.2) is 9.97 Å². The first kappa shape index (κ1) is 13.9. The van der Waals surface area contributed by atoms with Gasteiger partial charge in [-0.3, -0.25) is 4.90 Å². The summed E-state index contributed by atoms with van der Waals surface area (Å²) in [7, 11) is 2.11. The van der Waals surface area contributed by atoms with Gasteiger partial charge in [0.05, 0.1) is 6.54 Å². The second-order valence-electron chi connectivity index (χ2n) is 5.48. The molecule has 1 aliphatic heterocycles. The van der Waals surface area contributed by atoms with Crippen LogP contribution >= 0.6 is 0 Å². The fourth-order valence-corrected chi connectivity index (χ4v) is 2.75. The van der Waals surface area contributed by atoms with Crippen LogP contribution in [0.25, 0.3) is 0 Å². The van der Waals surface area contributed by atoms with Crippen molar-refractivity contribution < 1.29 is 4.52 Å². The van der Waals surface area contributed by atoms with Crippen LogP contribution in [0, 0.1) is 6.92 Å². The summed E-state index contributed by atoms with van der Waals surface area (Å²) in [5, 5.41) is 3.87. The standard InChI is InChI=1S/C14H20N6O/c1-11-7-14(16-9-15-11)19(2)12-3-5-20(6-4-12)8-13-17-10-21-18-13/h7,9-10,12H,3-6,8H2,1-2H3. The fraction of sp³-hybridized carbons (Fsp3) is 0.571. The van der Waals surface area contributed by atoms with Crippen molar-refractivity contribution in [1.82, 2.24) is 25.0 Å². The third-order valence-electron chi connectivity index (χ3n) is 4.03. The summed E-state index contributed by atoms with van der Waals surface area (Å²) < 4.78 is 4.77. The largest absolute Gasteiger partial charge is 0.356 e. The van der Waals surface area contributed by atoms with Gasteiger partial charge >= 0.3 is 0 Å². The van der Waals surface area contributed by atoms with E-state index in [9.17, 15) is 0 Å². The maximum absolute atomic E-state index is 4.77. The minimum absolute atomic E-state index is 0.515. The van der Waals surface area contributed by atoms with Crippen molar-refractivity contribution >= 4 is 5.82 Å². The molecule has 2 aromatic rings. The molecule has 0 N–H and O–H groups in total. The Bertz CT molecular complexity index is 565. The highest BCUT2D eigenvalue weighted by Gasteiger charge is 2.24. The molecule has 7 nitrogen and oxygen atoms in total. The number of nitrogens with zero attached hydrogens (tertiary/aromatic N) is 6. The van der Waals surface area contributed by atoms with Crippen LogP contribution in [-0.4, -0.2) is 51.2 Å². The molecule has 0 unspecified atom stereocenters. The van der Waals surface area contributed by atoms with Gasteiger partial charge in [0, 0.05) is 37.9 Å². The lowest BCUT2D eigenvalue weighted by atomic mass is 10.0. The first-order valence-corrected chi connectivity index (χ1v) is 7.21. The van der Waals surface area contributed by atoms with E-state index in [1.54, 1.807) is 6.33 Å². The normalized spacial score (nSPS) is 17.0. The summed E-state index contributed by atoms with van der Waals surface area (Å²) in [6, 6.07) is 2.55. The molecule has 112 valence electrons. The molecule has 21 heavy (non-hydrogen) atoms. The summed E-state index contributed by atoms with van der Waals surface area (Å²) in [6.45, 7) is 4.83. The zero-order valence-corrected chi connectivity index (χ0v) is 12.4. The topological polar surface area (TPSA) is 71.2 Å². The number of piperidine rings is 1. The molecule has 7 heteroatoms. The molecular weight excluding hydrogens is 268 g/mol. The summed E-state index contributed by atoms with van der Waals surface area (Å²) in [5.74, 6) is 1.76. The van der Waals surface area contributed by atoms with E-state index < -0.39 is 0 Å². The molecule has 3 heterocycles. The monoisotopic (exact) mass is 288 g/mol. The molecule has 1 aliphatic rings. The predicted molar refractivity (Wildman–Crippen MR) is 77.8 cm³/mol. The number of hydrogen-bond acceptors (Lipinski definition) is 7. The first-order chi connectivity index (χ1) is 10.2. The second kappa shape index (κ2) is 6.17. The molecule has 2 aromatic heterocycles. The van der Waals surface area contributed by atoms with Crippen LogP contribution in [0.1, 0.15) is 24.4 Å². The number of rotatable bonds is 4. The number of aromatic nitrogens is 4. The number of aryl methyl sites for hydroxylation is 1. The Labute approximate surface area is 124 Å². The van der Waals surface area contributed by atoms with Gasteiger partial charge < -0.3 is 9.42 Å². The summed E-state index contributed by atoms with van der Waals surface area (Å²) in [6.07, 6.45) is 5.23. The second-order valence-corrected chi connectivity index (χ2v) is 5.48. The van der Waals surface area contributed by atoms with E-state index in [-0.39, 0.29) is 0 Å². The Morgan fingerprint density at radius 2 is 2.10 bits per heavy atom. The third-order valence-corrected chi connectivity index (χ3v) is 4.03. The van der Waals surface area contributed by atoms with Gasteiger partial charge in [-0.2, -0.15) is 4.98 Å². The summed E-state index contributed by atoms with van der Waals surface area (Å²) in [4.78, 5) is 17.2. The average molecular weight is 288 g/mol. The molecule has 0 radical (unpaired) electrons. The average Bonchev–Trinajstić information content (AvgIpc) is 3.00. The van der Waals surface area contributed by atoms with Crippen molar-refractivity contribution in [2.75, 3.05) is 25.0 Å². The Balaban J connectivity index is 1.55. The molecule has 0 amide bonds. The molecular formula is C14H20N6O. The van der Waals surface area contributed by atoms with Gasteiger partial charge in [0.1, 0.15) is 12.1 Å². The maximum Gasteiger partial charge on any atom is 0.213 e. The van der Waals surface area contributed by atoms with Gasteiger partial charge in [0.15, 0.2) is 5.82 Å². The number of anilines is 1. The van der Waals surface area contributed by atoms with E-state index in [2.05, 4.69) is 37.0 Å². The van der Waals surface area contributed by atoms with Crippen molar-refractivity contribution in [3.05, 3.63) is 30.3 Å². The van der Waals surface area contributed by atoms with Crippen molar-refractivity contribution in [2.24, 2.45) is 0 Å². The van der Waals surface area contributed by atoms with E-state index in [0.29, 0.717) is 6.04 Å². The maximum atomic E-state index is 4.77. The smallest absolute Gasteiger partial charge is 0.213 e. The molecule has 1 saturated heterocycles. The van der Waals surface area contributed by atoms with Crippen LogP contribution in [0.15, 0.2) is 23.3 Å². The van der Waals surface area contributed by atoms with Gasteiger partial charge in [-0.15, -0.1) is 0 Å². The van der Waals surface area contributed by atoms with Gasteiger partial charge in [-0.05, 0) is 19.8 Å². The van der Waals surface area contributed by atoms with E-state index in [1.807, 2.05) is 13.0 Å². The molecule has 0 aliphatic carbocycles. The third kappa shape index (κ3) is 3.36. The Morgan fingerprint density at radius 1 is 1.29 bits per heavy atom. The highest BCUT2D eigenvalue weighted by atomic mass is 16.5. The fourth-order valence-electron chi connectivity index (χ4n) is 2.75. The molecule has 0 atom stereocenters. The van der Waals surface area contributed by atoms with Crippen molar-refractivity contribution in [3.8, 4) is 0 Å². The first-order valence-electron chi connectivity index (χ1n) is 7.21. The van der Waals surface area contributed by atoms with E-state index >= 15 is 0 Å². The molecule has 0 aromatic carbocycles. The van der Waals surface area contributed by atoms with Gasteiger partial charge in [0.2, 0.25) is 6.39 Å². The SMILES string of the molecule is Cc1cc(N(C)C2CCN(Cc3ncon3)CC2)ncn1. The predicted octanol–water partition coefficient (Wildman–Crippen LogP) is 1.27. The van der Waals surface area contributed by atoms with E-state index in [4.69, 9.17) is 4.52 Å². The van der Waals surface area contributed by atoms with Crippen LogP contribution in [-0.2, 0) is 6.54 Å². The lowest BCUT2D eigenvalue weighted by Gasteiger charge is -2.36. The number of likely N-dealkylation sites (tertiary alicyclic amines) is 1. The van der Waals surface area contributed by atoms with Crippen LogP contribution < -0.4 is 4.90 Å². The lowest BCUT2D eigenvalue weighted by molar-refractivity contribution is 0.196. The quantitative estimate of drug-likeness (QED) is 0.839. The Kier molecular flexibility index (Phi) is 4.10. The Hall–Kier alpha value is -2.02. The highest BCUT2D eigenvalue weighted by molar-refractivity contribution is 5.39. The van der Waals surface area contributed by atoms with Crippen LogP contribution in [0.4, 0.5) is 5.82 Å².